The summed E-state index contributed by atoms with van der Waals surface area (Å²) < 4.78 is 5.24. The fourth-order valence-corrected chi connectivity index (χ4v) is 2.63. The van der Waals surface area contributed by atoms with Gasteiger partial charge in [-0.25, -0.2) is 0 Å². The van der Waals surface area contributed by atoms with E-state index in [1.54, 1.807) is 7.11 Å². The van der Waals surface area contributed by atoms with Crippen molar-refractivity contribution in [2.45, 2.75) is 64.7 Å². The summed E-state index contributed by atoms with van der Waals surface area (Å²) in [6.45, 7) is 6.95. The maximum atomic E-state index is 12.3. The van der Waals surface area contributed by atoms with E-state index >= 15 is 0 Å². The van der Waals surface area contributed by atoms with Crippen LogP contribution in [0.25, 0.3) is 0 Å². The third kappa shape index (κ3) is 3.42. The molecule has 0 aromatic carbocycles. The van der Waals surface area contributed by atoms with Crippen molar-refractivity contribution in [3.05, 3.63) is 0 Å². The SMILES string of the molecule is CCCC1NC(C)N(C(CCC)COC)C1=O. The summed E-state index contributed by atoms with van der Waals surface area (Å²) in [5.74, 6) is 0.245. The smallest absolute Gasteiger partial charge is 0.241 e. The second kappa shape index (κ2) is 6.97. The predicted molar refractivity (Wildman–Crippen MR) is 68.7 cm³/mol. The van der Waals surface area contributed by atoms with E-state index in [-0.39, 0.29) is 24.2 Å². The second-order valence-corrected chi connectivity index (χ2v) is 4.83. The average molecular weight is 242 g/mol. The molecule has 0 aromatic rings. The number of rotatable bonds is 7. The zero-order valence-corrected chi connectivity index (χ0v) is 11.5. The Morgan fingerprint density at radius 3 is 2.65 bits per heavy atom. The zero-order chi connectivity index (χ0) is 12.8. The molecule has 4 heteroatoms. The quantitative estimate of drug-likeness (QED) is 0.739. The molecule has 17 heavy (non-hydrogen) atoms. The molecule has 1 saturated heterocycles. The first-order chi connectivity index (χ1) is 8.15. The maximum absolute atomic E-state index is 12.3. The number of hydrogen-bond donors (Lipinski definition) is 1. The normalized spacial score (nSPS) is 26.6. The van der Waals surface area contributed by atoms with Crippen molar-refractivity contribution in [2.75, 3.05) is 13.7 Å². The largest absolute Gasteiger partial charge is 0.383 e. The lowest BCUT2D eigenvalue weighted by Crippen LogP contribution is -2.45. The molecule has 1 rings (SSSR count). The van der Waals surface area contributed by atoms with Crippen LogP contribution in [-0.2, 0) is 9.53 Å². The molecule has 1 amide bonds. The van der Waals surface area contributed by atoms with Gasteiger partial charge in [0.2, 0.25) is 5.91 Å². The Bertz CT molecular complexity index is 240. The standard InChI is InChI=1S/C13H26N2O2/c1-5-7-11(9-17-4)15-10(3)14-12(8-6-2)13(15)16/h10-12,14H,5-9H2,1-4H3. The predicted octanol–water partition coefficient (Wildman–Crippen LogP) is 1.75. The first-order valence-corrected chi connectivity index (χ1v) is 6.72. The molecule has 1 heterocycles. The summed E-state index contributed by atoms with van der Waals surface area (Å²) >= 11 is 0. The Morgan fingerprint density at radius 2 is 2.12 bits per heavy atom. The highest BCUT2D eigenvalue weighted by Crippen LogP contribution is 2.20. The number of nitrogens with one attached hydrogen (secondary N) is 1. The van der Waals surface area contributed by atoms with Crippen molar-refractivity contribution in [3.8, 4) is 0 Å². The Labute approximate surface area is 105 Å². The van der Waals surface area contributed by atoms with Gasteiger partial charge < -0.3 is 9.64 Å². The Hall–Kier alpha value is -0.610. The van der Waals surface area contributed by atoms with Crippen LogP contribution in [0.4, 0.5) is 0 Å². The van der Waals surface area contributed by atoms with Crippen LogP contribution in [0.2, 0.25) is 0 Å². The molecule has 0 radical (unpaired) electrons. The summed E-state index contributed by atoms with van der Waals surface area (Å²) in [4.78, 5) is 14.3. The number of nitrogens with zero attached hydrogens (tertiary/aromatic N) is 1. The van der Waals surface area contributed by atoms with Gasteiger partial charge in [-0.2, -0.15) is 0 Å². The van der Waals surface area contributed by atoms with Gasteiger partial charge in [0.15, 0.2) is 0 Å². The highest BCUT2D eigenvalue weighted by molar-refractivity contribution is 5.84. The van der Waals surface area contributed by atoms with Gasteiger partial charge in [-0.05, 0) is 19.8 Å². The van der Waals surface area contributed by atoms with Crippen molar-refractivity contribution in [1.29, 1.82) is 0 Å². The van der Waals surface area contributed by atoms with Gasteiger partial charge in [-0.1, -0.05) is 26.7 Å². The van der Waals surface area contributed by atoms with Crippen LogP contribution in [0.3, 0.4) is 0 Å². The van der Waals surface area contributed by atoms with Crippen molar-refractivity contribution in [1.82, 2.24) is 10.2 Å². The van der Waals surface area contributed by atoms with Crippen molar-refractivity contribution in [2.24, 2.45) is 0 Å². The lowest BCUT2D eigenvalue weighted by molar-refractivity contribution is -0.133. The second-order valence-electron chi connectivity index (χ2n) is 4.83. The molecule has 0 spiro atoms. The summed E-state index contributed by atoms with van der Waals surface area (Å²) in [5.41, 5.74) is 0. The molecule has 3 unspecified atom stereocenters. The number of hydrogen-bond acceptors (Lipinski definition) is 3. The number of amides is 1. The molecule has 1 aliphatic heterocycles. The van der Waals surface area contributed by atoms with Crippen molar-refractivity contribution in [3.63, 3.8) is 0 Å². The van der Waals surface area contributed by atoms with Gasteiger partial charge >= 0.3 is 0 Å². The molecule has 0 aromatic heterocycles. The number of methoxy groups -OCH3 is 1. The Balaban J connectivity index is 2.69. The minimum atomic E-state index is 0.00575. The van der Waals surface area contributed by atoms with E-state index in [1.165, 1.54) is 0 Å². The van der Waals surface area contributed by atoms with Gasteiger partial charge in [0, 0.05) is 7.11 Å². The third-order valence-corrected chi connectivity index (χ3v) is 3.36. The van der Waals surface area contributed by atoms with E-state index in [2.05, 4.69) is 26.1 Å². The van der Waals surface area contributed by atoms with Crippen LogP contribution >= 0.6 is 0 Å². The molecule has 0 aliphatic carbocycles. The van der Waals surface area contributed by atoms with Gasteiger partial charge in [0.1, 0.15) is 0 Å². The Morgan fingerprint density at radius 1 is 1.41 bits per heavy atom. The summed E-state index contributed by atoms with van der Waals surface area (Å²) in [7, 11) is 1.70. The lowest BCUT2D eigenvalue weighted by atomic mass is 10.1. The first-order valence-electron chi connectivity index (χ1n) is 6.72. The monoisotopic (exact) mass is 242 g/mol. The summed E-state index contributed by atoms with van der Waals surface area (Å²) in [6, 6.07) is 0.216. The molecule has 3 atom stereocenters. The van der Waals surface area contributed by atoms with E-state index in [0.29, 0.717) is 6.61 Å². The van der Waals surface area contributed by atoms with Crippen LogP contribution in [0.5, 0.6) is 0 Å². The van der Waals surface area contributed by atoms with E-state index < -0.39 is 0 Å². The molecular weight excluding hydrogens is 216 g/mol. The van der Waals surface area contributed by atoms with Gasteiger partial charge in [0.05, 0.1) is 24.9 Å². The molecular formula is C13H26N2O2. The lowest BCUT2D eigenvalue weighted by Gasteiger charge is -2.30. The molecule has 0 saturated carbocycles. The highest BCUT2D eigenvalue weighted by Gasteiger charge is 2.39. The van der Waals surface area contributed by atoms with Crippen LogP contribution in [0.1, 0.15) is 46.5 Å². The van der Waals surface area contributed by atoms with Crippen molar-refractivity contribution < 1.29 is 9.53 Å². The topological polar surface area (TPSA) is 41.6 Å². The van der Waals surface area contributed by atoms with E-state index in [4.69, 9.17) is 4.74 Å². The fourth-order valence-electron chi connectivity index (χ4n) is 2.63. The third-order valence-electron chi connectivity index (χ3n) is 3.36. The molecule has 1 fully saturated rings. The molecule has 100 valence electrons. The van der Waals surface area contributed by atoms with Crippen LogP contribution in [0, 0.1) is 0 Å². The molecule has 4 nitrogen and oxygen atoms in total. The van der Waals surface area contributed by atoms with Crippen molar-refractivity contribution >= 4 is 5.91 Å². The van der Waals surface area contributed by atoms with E-state index in [1.807, 2.05) is 4.90 Å². The van der Waals surface area contributed by atoms with Crippen LogP contribution < -0.4 is 5.32 Å². The van der Waals surface area contributed by atoms with E-state index in [9.17, 15) is 4.79 Å². The molecule has 1 N–H and O–H groups in total. The summed E-state index contributed by atoms with van der Waals surface area (Å²) in [5, 5.41) is 3.37. The highest BCUT2D eigenvalue weighted by atomic mass is 16.5. The minimum absolute atomic E-state index is 0.00575. The van der Waals surface area contributed by atoms with Crippen LogP contribution in [0.15, 0.2) is 0 Å². The fraction of sp³-hybridized carbons (Fsp3) is 0.923. The van der Waals surface area contributed by atoms with E-state index in [0.717, 1.165) is 25.7 Å². The molecule has 0 bridgehead atoms. The molecule has 1 aliphatic rings. The number of ether oxygens (including phenoxy) is 1. The maximum Gasteiger partial charge on any atom is 0.241 e. The number of carbonyl (C=O) groups is 1. The van der Waals surface area contributed by atoms with Gasteiger partial charge in [0.25, 0.3) is 0 Å². The first kappa shape index (κ1) is 14.5. The Kier molecular flexibility index (Phi) is 5.92. The zero-order valence-electron chi connectivity index (χ0n) is 11.5. The van der Waals surface area contributed by atoms with Crippen LogP contribution in [-0.4, -0.2) is 42.8 Å². The number of carbonyl (C=O) groups excluding carboxylic acids is 1. The van der Waals surface area contributed by atoms with Gasteiger partial charge in [-0.15, -0.1) is 0 Å². The summed E-state index contributed by atoms with van der Waals surface area (Å²) in [6.07, 6.45) is 4.16. The van der Waals surface area contributed by atoms with Gasteiger partial charge in [-0.3, -0.25) is 10.1 Å². The average Bonchev–Trinajstić information content (AvgIpc) is 2.55. The minimum Gasteiger partial charge on any atom is -0.383 e.